The molecule has 0 aliphatic carbocycles. The highest BCUT2D eigenvalue weighted by molar-refractivity contribution is 5.81. The smallest absolute Gasteiger partial charge is 0.411 e. The quantitative estimate of drug-likeness (QED) is 0.706. The zero-order valence-electron chi connectivity index (χ0n) is 11.4. The normalized spacial score (nSPS) is 24.6. The van der Waals surface area contributed by atoms with E-state index >= 15 is 0 Å². The number of likely N-dealkylation sites (tertiary alicyclic amines) is 1. The highest BCUT2D eigenvalue weighted by atomic mass is 16.6. The summed E-state index contributed by atoms with van der Waals surface area (Å²) >= 11 is 0. The minimum absolute atomic E-state index is 0.126. The van der Waals surface area contributed by atoms with Gasteiger partial charge in [-0.1, -0.05) is 0 Å². The van der Waals surface area contributed by atoms with E-state index in [4.69, 9.17) is 15.2 Å². The maximum atomic E-state index is 12.0. The van der Waals surface area contributed by atoms with Gasteiger partial charge in [0.2, 0.25) is 0 Å². The van der Waals surface area contributed by atoms with E-state index in [9.17, 15) is 9.59 Å². The first kappa shape index (κ1) is 14.8. The van der Waals surface area contributed by atoms with Gasteiger partial charge in [0.25, 0.3) is 0 Å². The van der Waals surface area contributed by atoms with E-state index in [1.165, 1.54) is 12.0 Å². The summed E-state index contributed by atoms with van der Waals surface area (Å²) < 4.78 is 9.98. The van der Waals surface area contributed by atoms with E-state index in [0.717, 1.165) is 0 Å². The van der Waals surface area contributed by atoms with Gasteiger partial charge in [-0.3, -0.25) is 4.90 Å². The molecule has 0 radical (unpaired) electrons. The molecule has 0 spiro atoms. The average Bonchev–Trinajstić information content (AvgIpc) is 2.25. The van der Waals surface area contributed by atoms with Crippen molar-refractivity contribution in [2.45, 2.75) is 51.3 Å². The molecule has 104 valence electrons. The molecule has 1 aliphatic rings. The first-order valence-electron chi connectivity index (χ1n) is 6.07. The summed E-state index contributed by atoms with van der Waals surface area (Å²) in [7, 11) is 1.31. The highest BCUT2D eigenvalue weighted by Gasteiger charge is 2.37. The molecule has 0 aromatic carbocycles. The van der Waals surface area contributed by atoms with E-state index in [0.29, 0.717) is 19.4 Å². The van der Waals surface area contributed by atoms with Crippen molar-refractivity contribution in [2.75, 3.05) is 13.7 Å². The second kappa shape index (κ2) is 5.56. The minimum Gasteiger partial charge on any atom is -0.467 e. The molecule has 0 aromatic rings. The Bertz CT molecular complexity index is 325. The van der Waals surface area contributed by atoms with E-state index in [1.54, 1.807) is 20.8 Å². The fourth-order valence-electron chi connectivity index (χ4n) is 1.90. The number of ether oxygens (including phenoxy) is 2. The van der Waals surface area contributed by atoms with Crippen molar-refractivity contribution in [1.29, 1.82) is 0 Å². The summed E-state index contributed by atoms with van der Waals surface area (Å²) in [5.74, 6) is -0.423. The number of hydrogen-bond donors (Lipinski definition) is 1. The summed E-state index contributed by atoms with van der Waals surface area (Å²) in [6.07, 6.45) is 0.680. The predicted molar refractivity (Wildman–Crippen MR) is 66.0 cm³/mol. The topological polar surface area (TPSA) is 81.9 Å². The second-order valence-corrected chi connectivity index (χ2v) is 5.51. The molecular formula is C12H22N2O4. The Hall–Kier alpha value is -1.30. The van der Waals surface area contributed by atoms with Gasteiger partial charge >= 0.3 is 12.1 Å². The minimum atomic E-state index is -0.598. The molecular weight excluding hydrogens is 236 g/mol. The fourth-order valence-corrected chi connectivity index (χ4v) is 1.90. The van der Waals surface area contributed by atoms with E-state index in [2.05, 4.69) is 0 Å². The summed E-state index contributed by atoms with van der Waals surface area (Å²) in [6, 6.07) is -0.719. The zero-order valence-corrected chi connectivity index (χ0v) is 11.4. The van der Waals surface area contributed by atoms with E-state index < -0.39 is 23.7 Å². The summed E-state index contributed by atoms with van der Waals surface area (Å²) in [5, 5.41) is 0. The number of nitrogens with zero attached hydrogens (tertiary/aromatic N) is 1. The standard InChI is InChI=1S/C12H22N2O4/c1-12(2,3)18-11(16)14-7-8(13)5-6-9(14)10(15)17-4/h8-9H,5-7,13H2,1-4H3/t8-,9-/m1/s1. The van der Waals surface area contributed by atoms with Crippen LogP contribution >= 0.6 is 0 Å². The number of esters is 1. The third-order valence-electron chi connectivity index (χ3n) is 2.72. The van der Waals surface area contributed by atoms with Gasteiger partial charge in [0.1, 0.15) is 11.6 Å². The van der Waals surface area contributed by atoms with Crippen LogP contribution in [0.4, 0.5) is 4.79 Å². The summed E-state index contributed by atoms with van der Waals surface area (Å²) in [5.41, 5.74) is 5.23. The van der Waals surface area contributed by atoms with Crippen LogP contribution in [0.15, 0.2) is 0 Å². The van der Waals surface area contributed by atoms with Gasteiger partial charge in [-0.25, -0.2) is 9.59 Å². The lowest BCUT2D eigenvalue weighted by atomic mass is 9.99. The lowest BCUT2D eigenvalue weighted by Crippen LogP contribution is -2.55. The summed E-state index contributed by atoms with van der Waals surface area (Å²) in [4.78, 5) is 25.0. The maximum absolute atomic E-state index is 12.0. The molecule has 0 aromatic heterocycles. The number of methoxy groups -OCH3 is 1. The highest BCUT2D eigenvalue weighted by Crippen LogP contribution is 2.20. The molecule has 1 aliphatic heterocycles. The third-order valence-corrected chi connectivity index (χ3v) is 2.72. The average molecular weight is 258 g/mol. The Labute approximate surface area is 107 Å². The number of carbonyl (C=O) groups is 2. The second-order valence-electron chi connectivity index (χ2n) is 5.51. The lowest BCUT2D eigenvalue weighted by molar-refractivity contribution is -0.148. The molecule has 1 rings (SSSR count). The molecule has 1 amide bonds. The zero-order chi connectivity index (χ0) is 13.9. The van der Waals surface area contributed by atoms with Crippen LogP contribution in [0.25, 0.3) is 0 Å². The van der Waals surface area contributed by atoms with Crippen LogP contribution in [0, 0.1) is 0 Å². The van der Waals surface area contributed by atoms with Crippen molar-refractivity contribution in [1.82, 2.24) is 4.90 Å². The van der Waals surface area contributed by atoms with Crippen molar-refractivity contribution in [3.05, 3.63) is 0 Å². The summed E-state index contributed by atoms with van der Waals surface area (Å²) in [6.45, 7) is 5.65. The van der Waals surface area contributed by atoms with Gasteiger partial charge in [-0.05, 0) is 33.6 Å². The Morgan fingerprint density at radius 2 is 1.89 bits per heavy atom. The molecule has 0 saturated carbocycles. The van der Waals surface area contributed by atoms with Crippen molar-refractivity contribution in [3.63, 3.8) is 0 Å². The lowest BCUT2D eigenvalue weighted by Gasteiger charge is -2.37. The maximum Gasteiger partial charge on any atom is 0.411 e. The molecule has 6 heteroatoms. The van der Waals surface area contributed by atoms with Crippen LogP contribution in [0.5, 0.6) is 0 Å². The van der Waals surface area contributed by atoms with Gasteiger partial charge in [0, 0.05) is 12.6 Å². The van der Waals surface area contributed by atoms with E-state index in [1.807, 2.05) is 0 Å². The molecule has 2 N–H and O–H groups in total. The predicted octanol–water partition coefficient (Wildman–Crippen LogP) is 0.886. The molecule has 0 bridgehead atoms. The largest absolute Gasteiger partial charge is 0.467 e. The van der Waals surface area contributed by atoms with Gasteiger partial charge in [-0.2, -0.15) is 0 Å². The molecule has 2 atom stereocenters. The van der Waals surface area contributed by atoms with Crippen molar-refractivity contribution in [3.8, 4) is 0 Å². The number of nitrogens with two attached hydrogens (primary N) is 1. The van der Waals surface area contributed by atoms with Crippen LogP contribution < -0.4 is 5.73 Å². The first-order chi connectivity index (χ1) is 8.24. The van der Waals surface area contributed by atoms with E-state index in [-0.39, 0.29) is 6.04 Å². The number of amides is 1. The Morgan fingerprint density at radius 1 is 1.28 bits per heavy atom. The van der Waals surface area contributed by atoms with Crippen LogP contribution in [-0.2, 0) is 14.3 Å². The molecule has 1 heterocycles. The molecule has 6 nitrogen and oxygen atoms in total. The van der Waals surface area contributed by atoms with Gasteiger partial charge < -0.3 is 15.2 Å². The van der Waals surface area contributed by atoms with Gasteiger partial charge in [-0.15, -0.1) is 0 Å². The Balaban J connectivity index is 2.78. The molecule has 18 heavy (non-hydrogen) atoms. The monoisotopic (exact) mass is 258 g/mol. The number of rotatable bonds is 1. The molecule has 0 unspecified atom stereocenters. The van der Waals surface area contributed by atoms with Crippen molar-refractivity contribution < 1.29 is 19.1 Å². The van der Waals surface area contributed by atoms with Crippen LogP contribution in [0.1, 0.15) is 33.6 Å². The van der Waals surface area contributed by atoms with Crippen LogP contribution in [0.2, 0.25) is 0 Å². The van der Waals surface area contributed by atoms with Gasteiger partial charge in [0.05, 0.1) is 7.11 Å². The Kier molecular flexibility index (Phi) is 4.56. The van der Waals surface area contributed by atoms with Crippen molar-refractivity contribution >= 4 is 12.1 Å². The Morgan fingerprint density at radius 3 is 2.39 bits per heavy atom. The SMILES string of the molecule is COC(=O)[C@H]1CC[C@@H](N)CN1C(=O)OC(C)(C)C. The van der Waals surface area contributed by atoms with Crippen molar-refractivity contribution in [2.24, 2.45) is 5.73 Å². The molecule has 1 saturated heterocycles. The number of carbonyl (C=O) groups excluding carboxylic acids is 2. The van der Waals surface area contributed by atoms with Crippen LogP contribution in [0.3, 0.4) is 0 Å². The van der Waals surface area contributed by atoms with Gasteiger partial charge in [0.15, 0.2) is 0 Å². The number of piperidine rings is 1. The fraction of sp³-hybridized carbons (Fsp3) is 0.833. The third kappa shape index (κ3) is 3.87. The first-order valence-corrected chi connectivity index (χ1v) is 6.07. The van der Waals surface area contributed by atoms with Crippen LogP contribution in [-0.4, -0.2) is 48.3 Å². The molecule has 1 fully saturated rings. The number of hydrogen-bond acceptors (Lipinski definition) is 5.